The summed E-state index contributed by atoms with van der Waals surface area (Å²) in [6.07, 6.45) is 7.09. The van der Waals surface area contributed by atoms with E-state index in [9.17, 15) is 0 Å². The van der Waals surface area contributed by atoms with Crippen molar-refractivity contribution >= 4 is 16.9 Å². The molecule has 0 radical (unpaired) electrons. The van der Waals surface area contributed by atoms with Crippen molar-refractivity contribution in [2.45, 2.75) is 6.54 Å². The Balaban J connectivity index is 1.45. The monoisotopic (exact) mass is 295 g/mol. The van der Waals surface area contributed by atoms with E-state index in [2.05, 4.69) is 47.1 Å². The minimum atomic E-state index is 0.796. The van der Waals surface area contributed by atoms with Crippen LogP contribution in [-0.4, -0.2) is 56.2 Å². The Morgan fingerprint density at radius 3 is 2.68 bits per heavy atom. The van der Waals surface area contributed by atoms with Crippen molar-refractivity contribution in [2.24, 2.45) is 0 Å². The van der Waals surface area contributed by atoms with E-state index in [0.29, 0.717) is 0 Å². The second-order valence-electron chi connectivity index (χ2n) is 5.45. The van der Waals surface area contributed by atoms with Crippen LogP contribution >= 0.6 is 0 Å². The molecule has 0 unspecified atom stereocenters. The van der Waals surface area contributed by atoms with Crippen molar-refractivity contribution < 1.29 is 0 Å². The maximum atomic E-state index is 4.44. The third-order valence-electron chi connectivity index (χ3n) is 4.05. The number of H-pyrrole nitrogens is 1. The van der Waals surface area contributed by atoms with Crippen LogP contribution in [0.25, 0.3) is 11.0 Å². The Morgan fingerprint density at radius 2 is 1.86 bits per heavy atom. The zero-order chi connectivity index (χ0) is 14.8. The lowest BCUT2D eigenvalue weighted by Crippen LogP contribution is -2.46. The molecule has 0 spiro atoms. The molecule has 1 N–H and O–H groups in total. The molecule has 112 valence electrons. The third-order valence-corrected chi connectivity index (χ3v) is 4.05. The first-order valence-electron chi connectivity index (χ1n) is 7.40. The molecule has 7 heteroatoms. The van der Waals surface area contributed by atoms with Crippen molar-refractivity contribution in [2.75, 3.05) is 31.1 Å². The summed E-state index contributed by atoms with van der Waals surface area (Å²) in [6, 6.07) is 4.15. The number of rotatable bonds is 3. The van der Waals surface area contributed by atoms with Crippen LogP contribution < -0.4 is 4.90 Å². The van der Waals surface area contributed by atoms with Crippen molar-refractivity contribution in [3.05, 3.63) is 42.6 Å². The van der Waals surface area contributed by atoms with Crippen LogP contribution in [0.1, 0.15) is 5.56 Å². The standard InChI is InChI=1S/C15H17N7/c1-3-16-4-2-12(1)10-21-5-7-22(8-6-21)15-13-9-19-20-14(13)17-11-18-15/h1-4,9,11H,5-8,10H2,(H,17,18,19,20). The highest BCUT2D eigenvalue weighted by Crippen LogP contribution is 2.22. The number of piperazine rings is 1. The Labute approximate surface area is 128 Å². The number of fused-ring (bicyclic) bond motifs is 1. The average molecular weight is 295 g/mol. The van der Waals surface area contributed by atoms with Gasteiger partial charge in [0.1, 0.15) is 12.1 Å². The number of nitrogens with one attached hydrogen (secondary N) is 1. The Kier molecular flexibility index (Phi) is 3.40. The van der Waals surface area contributed by atoms with Gasteiger partial charge in [-0.2, -0.15) is 5.10 Å². The van der Waals surface area contributed by atoms with Crippen LogP contribution in [0.4, 0.5) is 5.82 Å². The molecule has 0 atom stereocenters. The second kappa shape index (κ2) is 5.69. The number of anilines is 1. The number of aromatic amines is 1. The van der Waals surface area contributed by atoms with Crippen molar-refractivity contribution in [3.63, 3.8) is 0 Å². The van der Waals surface area contributed by atoms with Gasteiger partial charge in [0.25, 0.3) is 0 Å². The smallest absolute Gasteiger partial charge is 0.160 e. The Bertz CT molecular complexity index is 747. The quantitative estimate of drug-likeness (QED) is 0.779. The SMILES string of the molecule is c1cc(CN2CCN(c3ncnc4[nH]ncc34)CC2)ccn1. The topological polar surface area (TPSA) is 73.8 Å². The van der Waals surface area contributed by atoms with Gasteiger partial charge in [-0.1, -0.05) is 0 Å². The molecule has 4 heterocycles. The van der Waals surface area contributed by atoms with Gasteiger partial charge in [-0.3, -0.25) is 15.0 Å². The molecule has 0 aliphatic carbocycles. The van der Waals surface area contributed by atoms with Gasteiger partial charge in [0.2, 0.25) is 0 Å². The summed E-state index contributed by atoms with van der Waals surface area (Å²) < 4.78 is 0. The Morgan fingerprint density at radius 1 is 1.05 bits per heavy atom. The number of hydrogen-bond acceptors (Lipinski definition) is 6. The molecular weight excluding hydrogens is 278 g/mol. The minimum Gasteiger partial charge on any atom is -0.353 e. The summed E-state index contributed by atoms with van der Waals surface area (Å²) in [6.45, 7) is 4.93. The molecule has 1 aliphatic heterocycles. The van der Waals surface area contributed by atoms with Crippen LogP contribution in [0.15, 0.2) is 37.1 Å². The molecule has 0 amide bonds. The second-order valence-corrected chi connectivity index (χ2v) is 5.45. The molecule has 4 rings (SSSR count). The maximum Gasteiger partial charge on any atom is 0.160 e. The molecule has 3 aromatic heterocycles. The molecule has 1 fully saturated rings. The predicted molar refractivity (Wildman–Crippen MR) is 83.4 cm³/mol. The molecule has 3 aromatic rings. The van der Waals surface area contributed by atoms with E-state index >= 15 is 0 Å². The number of pyridine rings is 1. The lowest BCUT2D eigenvalue weighted by atomic mass is 10.2. The summed E-state index contributed by atoms with van der Waals surface area (Å²) in [5, 5.41) is 7.94. The van der Waals surface area contributed by atoms with Gasteiger partial charge in [0.05, 0.1) is 11.6 Å². The van der Waals surface area contributed by atoms with E-state index in [1.165, 1.54) is 5.56 Å². The minimum absolute atomic E-state index is 0.796. The zero-order valence-corrected chi connectivity index (χ0v) is 12.2. The van der Waals surface area contributed by atoms with Gasteiger partial charge < -0.3 is 4.90 Å². The normalized spacial score (nSPS) is 16.3. The van der Waals surface area contributed by atoms with E-state index in [4.69, 9.17) is 0 Å². The van der Waals surface area contributed by atoms with Gasteiger partial charge >= 0.3 is 0 Å². The van der Waals surface area contributed by atoms with Gasteiger partial charge in [0.15, 0.2) is 5.65 Å². The highest BCUT2D eigenvalue weighted by atomic mass is 15.3. The lowest BCUT2D eigenvalue weighted by Gasteiger charge is -2.35. The highest BCUT2D eigenvalue weighted by Gasteiger charge is 2.20. The molecule has 7 nitrogen and oxygen atoms in total. The molecule has 0 bridgehead atoms. The van der Waals surface area contributed by atoms with Gasteiger partial charge in [0, 0.05) is 45.1 Å². The van der Waals surface area contributed by atoms with Crippen LogP contribution in [-0.2, 0) is 6.54 Å². The fourth-order valence-electron chi connectivity index (χ4n) is 2.87. The zero-order valence-electron chi connectivity index (χ0n) is 12.2. The maximum absolute atomic E-state index is 4.44. The first-order valence-corrected chi connectivity index (χ1v) is 7.40. The molecule has 0 saturated carbocycles. The van der Waals surface area contributed by atoms with Crippen molar-refractivity contribution in [3.8, 4) is 0 Å². The molecule has 1 saturated heterocycles. The fourth-order valence-corrected chi connectivity index (χ4v) is 2.87. The largest absolute Gasteiger partial charge is 0.353 e. The van der Waals surface area contributed by atoms with Crippen LogP contribution in [0.2, 0.25) is 0 Å². The van der Waals surface area contributed by atoms with Crippen LogP contribution in [0, 0.1) is 0 Å². The summed E-state index contributed by atoms with van der Waals surface area (Å²) in [5.74, 6) is 0.974. The molecule has 1 aliphatic rings. The summed E-state index contributed by atoms with van der Waals surface area (Å²) in [7, 11) is 0. The average Bonchev–Trinajstić information content (AvgIpc) is 3.05. The summed E-state index contributed by atoms with van der Waals surface area (Å²) >= 11 is 0. The highest BCUT2D eigenvalue weighted by molar-refractivity contribution is 5.86. The summed E-state index contributed by atoms with van der Waals surface area (Å²) in [4.78, 5) is 17.5. The van der Waals surface area contributed by atoms with Gasteiger partial charge in [-0.05, 0) is 17.7 Å². The number of aromatic nitrogens is 5. The predicted octanol–water partition coefficient (Wildman–Crippen LogP) is 1.07. The first-order chi connectivity index (χ1) is 10.9. The third kappa shape index (κ3) is 2.50. The molecule has 0 aromatic carbocycles. The van der Waals surface area contributed by atoms with E-state index < -0.39 is 0 Å². The van der Waals surface area contributed by atoms with Gasteiger partial charge in [-0.25, -0.2) is 9.97 Å². The number of nitrogens with zero attached hydrogens (tertiary/aromatic N) is 6. The van der Waals surface area contributed by atoms with E-state index in [0.717, 1.165) is 49.6 Å². The number of hydrogen-bond donors (Lipinski definition) is 1. The molecular formula is C15H17N7. The van der Waals surface area contributed by atoms with E-state index in [1.807, 2.05) is 12.4 Å². The first kappa shape index (κ1) is 13.1. The fraction of sp³-hybridized carbons (Fsp3) is 0.333. The Hall–Kier alpha value is -2.54. The van der Waals surface area contributed by atoms with Crippen LogP contribution in [0.3, 0.4) is 0 Å². The van der Waals surface area contributed by atoms with Crippen molar-refractivity contribution in [1.82, 2.24) is 30.0 Å². The lowest BCUT2D eigenvalue weighted by molar-refractivity contribution is 0.249. The van der Waals surface area contributed by atoms with Crippen LogP contribution in [0.5, 0.6) is 0 Å². The van der Waals surface area contributed by atoms with E-state index in [1.54, 1.807) is 12.5 Å². The molecule has 22 heavy (non-hydrogen) atoms. The van der Waals surface area contributed by atoms with Gasteiger partial charge in [-0.15, -0.1) is 0 Å². The van der Waals surface area contributed by atoms with E-state index in [-0.39, 0.29) is 0 Å². The summed E-state index contributed by atoms with van der Waals surface area (Å²) in [5.41, 5.74) is 2.10. The van der Waals surface area contributed by atoms with Crippen molar-refractivity contribution in [1.29, 1.82) is 0 Å².